The number of hydrogen-bond acceptors (Lipinski definition) is 3. The molecule has 0 aromatic carbocycles. The van der Waals surface area contributed by atoms with Crippen LogP contribution in [0.1, 0.15) is 35.3 Å². The molecule has 0 saturated carbocycles. The van der Waals surface area contributed by atoms with Crippen molar-refractivity contribution in [3.05, 3.63) is 64.3 Å². The van der Waals surface area contributed by atoms with E-state index in [0.717, 1.165) is 12.0 Å². The van der Waals surface area contributed by atoms with Crippen LogP contribution < -0.4 is 10.9 Å². The highest BCUT2D eigenvalue weighted by molar-refractivity contribution is 5.94. The van der Waals surface area contributed by atoms with Crippen LogP contribution in [-0.2, 0) is 0 Å². The van der Waals surface area contributed by atoms with E-state index in [4.69, 9.17) is 0 Å². The maximum absolute atomic E-state index is 12.0. The van der Waals surface area contributed by atoms with Gasteiger partial charge in [-0.25, -0.2) is 0 Å². The molecule has 0 spiro atoms. The maximum atomic E-state index is 12.0. The number of H-pyrrole nitrogens is 1. The van der Waals surface area contributed by atoms with E-state index in [1.54, 1.807) is 12.4 Å². The number of amides is 1. The third kappa shape index (κ3) is 3.28. The van der Waals surface area contributed by atoms with Crippen molar-refractivity contribution in [3.63, 3.8) is 0 Å². The van der Waals surface area contributed by atoms with Gasteiger partial charge in [0.25, 0.3) is 5.91 Å². The smallest absolute Gasteiger partial charge is 0.253 e. The molecule has 98 valence electrons. The Morgan fingerprint density at radius 1 is 1.32 bits per heavy atom. The Morgan fingerprint density at radius 2 is 2.05 bits per heavy atom. The van der Waals surface area contributed by atoms with Crippen molar-refractivity contribution in [2.45, 2.75) is 19.4 Å². The van der Waals surface area contributed by atoms with Crippen LogP contribution in [0, 0.1) is 0 Å². The van der Waals surface area contributed by atoms with Crippen LogP contribution in [-0.4, -0.2) is 15.9 Å². The second kappa shape index (κ2) is 5.95. The lowest BCUT2D eigenvalue weighted by Gasteiger charge is -2.17. The van der Waals surface area contributed by atoms with Crippen LogP contribution >= 0.6 is 0 Å². The van der Waals surface area contributed by atoms with E-state index in [1.807, 2.05) is 19.1 Å². The predicted molar refractivity (Wildman–Crippen MR) is 71.8 cm³/mol. The summed E-state index contributed by atoms with van der Waals surface area (Å²) in [6, 6.07) is 6.53. The minimum Gasteiger partial charge on any atom is -0.345 e. The van der Waals surface area contributed by atoms with Crippen molar-refractivity contribution in [1.82, 2.24) is 15.3 Å². The highest BCUT2D eigenvalue weighted by Gasteiger charge is 2.13. The molecule has 19 heavy (non-hydrogen) atoms. The van der Waals surface area contributed by atoms with E-state index in [1.165, 1.54) is 18.3 Å². The van der Waals surface area contributed by atoms with Crippen molar-refractivity contribution in [3.8, 4) is 0 Å². The number of aromatic amines is 1. The number of rotatable bonds is 4. The normalized spacial score (nSPS) is 11.8. The van der Waals surface area contributed by atoms with Crippen molar-refractivity contribution < 1.29 is 4.79 Å². The quantitative estimate of drug-likeness (QED) is 0.874. The lowest BCUT2D eigenvalue weighted by molar-refractivity contribution is 0.0935. The number of carbonyl (C=O) groups is 1. The van der Waals surface area contributed by atoms with Crippen LogP contribution in [0.5, 0.6) is 0 Å². The van der Waals surface area contributed by atoms with Gasteiger partial charge >= 0.3 is 0 Å². The third-order valence-electron chi connectivity index (χ3n) is 2.87. The highest BCUT2D eigenvalue weighted by Crippen LogP contribution is 2.15. The van der Waals surface area contributed by atoms with Gasteiger partial charge in [-0.2, -0.15) is 0 Å². The Labute approximate surface area is 110 Å². The fourth-order valence-corrected chi connectivity index (χ4v) is 1.81. The topological polar surface area (TPSA) is 74.8 Å². The van der Waals surface area contributed by atoms with Crippen molar-refractivity contribution >= 4 is 5.91 Å². The van der Waals surface area contributed by atoms with Crippen LogP contribution in [0.15, 0.2) is 47.7 Å². The Kier molecular flexibility index (Phi) is 4.07. The minimum atomic E-state index is -0.224. The molecule has 5 heteroatoms. The summed E-state index contributed by atoms with van der Waals surface area (Å²) in [5.74, 6) is -0.208. The number of aromatic nitrogens is 2. The summed E-state index contributed by atoms with van der Waals surface area (Å²) >= 11 is 0. The monoisotopic (exact) mass is 257 g/mol. The molecule has 0 saturated heterocycles. The number of pyridine rings is 2. The van der Waals surface area contributed by atoms with Gasteiger partial charge in [0.2, 0.25) is 5.56 Å². The predicted octanol–water partition coefficient (Wildman–Crippen LogP) is 1.65. The first-order chi connectivity index (χ1) is 9.20. The number of nitrogens with one attached hydrogen (secondary N) is 2. The molecule has 1 atom stereocenters. The van der Waals surface area contributed by atoms with Gasteiger partial charge in [-0.05, 0) is 30.2 Å². The molecule has 0 aliphatic heterocycles. The second-order valence-electron chi connectivity index (χ2n) is 4.16. The zero-order valence-corrected chi connectivity index (χ0v) is 10.6. The summed E-state index contributed by atoms with van der Waals surface area (Å²) < 4.78 is 0. The van der Waals surface area contributed by atoms with Crippen LogP contribution in [0.4, 0.5) is 0 Å². The average molecular weight is 257 g/mol. The average Bonchev–Trinajstić information content (AvgIpc) is 2.46. The fraction of sp³-hybridized carbons (Fsp3) is 0.214. The zero-order chi connectivity index (χ0) is 13.7. The summed E-state index contributed by atoms with van der Waals surface area (Å²) in [6.45, 7) is 2.00. The van der Waals surface area contributed by atoms with E-state index >= 15 is 0 Å². The van der Waals surface area contributed by atoms with Crippen LogP contribution in [0.25, 0.3) is 0 Å². The maximum Gasteiger partial charge on any atom is 0.253 e. The summed E-state index contributed by atoms with van der Waals surface area (Å²) in [7, 11) is 0. The molecule has 0 aliphatic rings. The second-order valence-corrected chi connectivity index (χ2v) is 4.16. The van der Waals surface area contributed by atoms with Crippen molar-refractivity contribution in [1.29, 1.82) is 0 Å². The number of nitrogens with zero attached hydrogens (tertiary/aromatic N) is 1. The molecule has 0 unspecified atom stereocenters. The van der Waals surface area contributed by atoms with Gasteiger partial charge in [-0.3, -0.25) is 14.6 Å². The Bertz CT molecular complexity index is 587. The third-order valence-corrected chi connectivity index (χ3v) is 2.87. The van der Waals surface area contributed by atoms with Crippen molar-refractivity contribution in [2.24, 2.45) is 0 Å². The van der Waals surface area contributed by atoms with E-state index in [2.05, 4.69) is 15.3 Å². The Morgan fingerprint density at radius 3 is 2.63 bits per heavy atom. The molecule has 2 N–H and O–H groups in total. The van der Waals surface area contributed by atoms with Gasteiger partial charge in [0.1, 0.15) is 0 Å². The molecule has 0 radical (unpaired) electrons. The van der Waals surface area contributed by atoms with Gasteiger partial charge in [-0.15, -0.1) is 0 Å². The minimum absolute atomic E-state index is 0.0672. The fourth-order valence-electron chi connectivity index (χ4n) is 1.81. The zero-order valence-electron chi connectivity index (χ0n) is 10.6. The van der Waals surface area contributed by atoms with E-state index in [9.17, 15) is 9.59 Å². The highest BCUT2D eigenvalue weighted by atomic mass is 16.2. The standard InChI is InChI=1S/C14H15N3O2/c1-2-12(10-5-7-15-8-6-10)17-14(19)11-3-4-13(18)16-9-11/h3-9,12H,2H2,1H3,(H,16,18)(H,17,19)/t12-/m0/s1. The summed E-state index contributed by atoms with van der Waals surface area (Å²) in [5, 5.41) is 2.93. The van der Waals surface area contributed by atoms with Gasteiger partial charge in [0.15, 0.2) is 0 Å². The molecular weight excluding hydrogens is 242 g/mol. The van der Waals surface area contributed by atoms with Crippen molar-refractivity contribution in [2.75, 3.05) is 0 Å². The molecule has 2 rings (SSSR count). The molecule has 0 aliphatic carbocycles. The molecule has 0 bridgehead atoms. The molecule has 2 aromatic rings. The number of carbonyl (C=O) groups excluding carboxylic acids is 1. The SMILES string of the molecule is CC[C@H](NC(=O)c1ccc(=O)[nH]c1)c1ccncc1. The molecule has 2 heterocycles. The molecule has 2 aromatic heterocycles. The first kappa shape index (κ1) is 13.0. The summed E-state index contributed by atoms with van der Waals surface area (Å²) in [4.78, 5) is 29.4. The van der Waals surface area contributed by atoms with Gasteiger partial charge in [0.05, 0.1) is 11.6 Å². The van der Waals surface area contributed by atoms with Crippen LogP contribution in [0.2, 0.25) is 0 Å². The summed E-state index contributed by atoms with van der Waals surface area (Å²) in [6.07, 6.45) is 5.59. The number of hydrogen-bond donors (Lipinski definition) is 2. The van der Waals surface area contributed by atoms with Gasteiger partial charge in [-0.1, -0.05) is 6.92 Å². The van der Waals surface area contributed by atoms with Gasteiger partial charge in [0, 0.05) is 24.7 Å². The lowest BCUT2D eigenvalue weighted by atomic mass is 10.1. The Balaban J connectivity index is 2.13. The largest absolute Gasteiger partial charge is 0.345 e. The van der Waals surface area contributed by atoms with Crippen LogP contribution in [0.3, 0.4) is 0 Å². The molecule has 1 amide bonds. The molecule has 5 nitrogen and oxygen atoms in total. The first-order valence-electron chi connectivity index (χ1n) is 6.10. The van der Waals surface area contributed by atoms with E-state index in [0.29, 0.717) is 5.56 Å². The Hall–Kier alpha value is -2.43. The van der Waals surface area contributed by atoms with Gasteiger partial charge < -0.3 is 10.3 Å². The summed E-state index contributed by atoms with van der Waals surface area (Å²) in [5.41, 5.74) is 1.22. The van der Waals surface area contributed by atoms with E-state index in [-0.39, 0.29) is 17.5 Å². The molecule has 0 fully saturated rings. The molecular formula is C14H15N3O2. The van der Waals surface area contributed by atoms with E-state index < -0.39 is 0 Å². The lowest BCUT2D eigenvalue weighted by Crippen LogP contribution is -2.28. The first-order valence-corrected chi connectivity index (χ1v) is 6.10.